The molecule has 0 radical (unpaired) electrons. The van der Waals surface area contributed by atoms with Crippen LogP contribution in [-0.2, 0) is 11.2 Å². The molecule has 0 bridgehead atoms. The Labute approximate surface area is 204 Å². The zero-order valence-corrected chi connectivity index (χ0v) is 20.9. The van der Waals surface area contributed by atoms with Crippen LogP contribution in [0.2, 0.25) is 0 Å². The number of carbonyl (C=O) groups is 2. The summed E-state index contributed by atoms with van der Waals surface area (Å²) in [5.41, 5.74) is 1.81. The van der Waals surface area contributed by atoms with Gasteiger partial charge in [0, 0.05) is 38.4 Å². The number of benzene rings is 1. The van der Waals surface area contributed by atoms with Gasteiger partial charge in [-0.1, -0.05) is 26.0 Å². The fourth-order valence-corrected chi connectivity index (χ4v) is 4.59. The Kier molecular flexibility index (Phi) is 9.92. The van der Waals surface area contributed by atoms with Crippen molar-refractivity contribution in [2.75, 3.05) is 26.2 Å². The van der Waals surface area contributed by atoms with Gasteiger partial charge in [0.1, 0.15) is 12.4 Å². The molecule has 6 heteroatoms. The summed E-state index contributed by atoms with van der Waals surface area (Å²) in [6, 6.07) is 11.5. The van der Waals surface area contributed by atoms with Crippen LogP contribution in [0.1, 0.15) is 68.8 Å². The van der Waals surface area contributed by atoms with E-state index in [1.54, 1.807) is 12.4 Å². The van der Waals surface area contributed by atoms with E-state index < -0.39 is 0 Å². The van der Waals surface area contributed by atoms with Gasteiger partial charge in [0.2, 0.25) is 5.91 Å². The highest BCUT2D eigenvalue weighted by Gasteiger charge is 2.27. The molecule has 0 spiro atoms. The van der Waals surface area contributed by atoms with Crippen LogP contribution < -0.4 is 4.74 Å². The van der Waals surface area contributed by atoms with Crippen molar-refractivity contribution >= 4 is 11.8 Å². The minimum Gasteiger partial charge on any atom is -0.491 e. The van der Waals surface area contributed by atoms with E-state index in [9.17, 15) is 9.59 Å². The molecule has 1 atom stereocenters. The Morgan fingerprint density at radius 1 is 1.12 bits per heavy atom. The van der Waals surface area contributed by atoms with E-state index in [4.69, 9.17) is 4.74 Å². The molecule has 3 rings (SSSR count). The molecule has 1 aromatic carbocycles. The molecule has 2 amide bonds. The first kappa shape index (κ1) is 25.7. The molecule has 2 aromatic rings. The van der Waals surface area contributed by atoms with Crippen LogP contribution in [0, 0.1) is 5.92 Å². The highest BCUT2D eigenvalue weighted by Crippen LogP contribution is 2.24. The van der Waals surface area contributed by atoms with Gasteiger partial charge in [-0.2, -0.15) is 0 Å². The molecule has 0 saturated carbocycles. The zero-order chi connectivity index (χ0) is 24.3. The molecule has 6 nitrogen and oxygen atoms in total. The Balaban J connectivity index is 1.77. The van der Waals surface area contributed by atoms with Crippen molar-refractivity contribution in [1.29, 1.82) is 0 Å². The number of nitrogens with zero attached hydrogens (tertiary/aromatic N) is 3. The van der Waals surface area contributed by atoms with E-state index in [1.165, 1.54) is 5.56 Å². The summed E-state index contributed by atoms with van der Waals surface area (Å²) in [5, 5.41) is 0. The molecule has 184 valence electrons. The van der Waals surface area contributed by atoms with Crippen LogP contribution in [-0.4, -0.2) is 58.9 Å². The van der Waals surface area contributed by atoms with E-state index in [-0.39, 0.29) is 17.9 Å². The first-order chi connectivity index (χ1) is 16.5. The monoisotopic (exact) mass is 465 g/mol. The average molecular weight is 466 g/mol. The maximum atomic E-state index is 13.4. The quantitative estimate of drug-likeness (QED) is 0.578. The van der Waals surface area contributed by atoms with Crippen molar-refractivity contribution in [3.63, 3.8) is 0 Å². The molecule has 0 aliphatic carbocycles. The summed E-state index contributed by atoms with van der Waals surface area (Å²) in [7, 11) is 0. The van der Waals surface area contributed by atoms with Crippen LogP contribution in [0.25, 0.3) is 0 Å². The molecular weight excluding hydrogens is 426 g/mol. The van der Waals surface area contributed by atoms with Crippen LogP contribution >= 0.6 is 0 Å². The Morgan fingerprint density at radius 3 is 2.59 bits per heavy atom. The predicted octanol–water partition coefficient (Wildman–Crippen LogP) is 4.98. The Morgan fingerprint density at radius 2 is 1.85 bits per heavy atom. The summed E-state index contributed by atoms with van der Waals surface area (Å²) in [4.78, 5) is 34.5. The van der Waals surface area contributed by atoms with Gasteiger partial charge in [-0.05, 0) is 74.8 Å². The number of carbonyl (C=O) groups excluding carboxylic acids is 2. The molecular formula is C28H39N3O3. The highest BCUT2D eigenvalue weighted by molar-refractivity contribution is 5.96. The second-order valence-corrected chi connectivity index (χ2v) is 9.48. The van der Waals surface area contributed by atoms with E-state index in [0.29, 0.717) is 49.9 Å². The van der Waals surface area contributed by atoms with Gasteiger partial charge in [-0.3, -0.25) is 14.6 Å². The summed E-state index contributed by atoms with van der Waals surface area (Å²) >= 11 is 0. The second-order valence-electron chi connectivity index (χ2n) is 9.48. The second kappa shape index (κ2) is 13.1. The average Bonchev–Trinajstić information content (AvgIpc) is 2.84. The fourth-order valence-electron chi connectivity index (χ4n) is 4.59. The SMILES string of the molecule is CCN1CCCCN(C(=O)CCCc2ccncc2)[C@@H](CC(C)C)COc2ccccc2C1=O. The van der Waals surface area contributed by atoms with Crippen molar-refractivity contribution in [1.82, 2.24) is 14.8 Å². The van der Waals surface area contributed by atoms with Crippen molar-refractivity contribution < 1.29 is 14.3 Å². The van der Waals surface area contributed by atoms with Gasteiger partial charge in [0.25, 0.3) is 5.91 Å². The van der Waals surface area contributed by atoms with Crippen molar-refractivity contribution in [2.45, 2.75) is 65.3 Å². The number of ether oxygens (including phenoxy) is 1. The summed E-state index contributed by atoms with van der Waals surface area (Å²) in [5.74, 6) is 1.24. The third-order valence-corrected chi connectivity index (χ3v) is 6.40. The molecule has 2 heterocycles. The summed E-state index contributed by atoms with van der Waals surface area (Å²) in [6.07, 6.45) is 8.41. The molecule has 34 heavy (non-hydrogen) atoms. The normalized spacial score (nSPS) is 17.5. The predicted molar refractivity (Wildman–Crippen MR) is 135 cm³/mol. The number of rotatable bonds is 7. The number of para-hydroxylation sites is 1. The van der Waals surface area contributed by atoms with Gasteiger partial charge in [0.15, 0.2) is 0 Å². The lowest BCUT2D eigenvalue weighted by Gasteiger charge is -2.34. The number of pyridine rings is 1. The van der Waals surface area contributed by atoms with Crippen LogP contribution in [0.3, 0.4) is 0 Å². The molecule has 1 aliphatic rings. The number of hydrogen-bond acceptors (Lipinski definition) is 4. The third kappa shape index (κ3) is 7.31. The lowest BCUT2D eigenvalue weighted by Crippen LogP contribution is -2.45. The summed E-state index contributed by atoms with van der Waals surface area (Å²) in [6.45, 7) is 8.79. The first-order valence-electron chi connectivity index (χ1n) is 12.7. The van der Waals surface area contributed by atoms with Gasteiger partial charge in [0.05, 0.1) is 11.6 Å². The Hall–Kier alpha value is -2.89. The van der Waals surface area contributed by atoms with Gasteiger partial charge >= 0.3 is 0 Å². The van der Waals surface area contributed by atoms with E-state index >= 15 is 0 Å². The van der Waals surface area contributed by atoms with E-state index in [0.717, 1.165) is 32.1 Å². The van der Waals surface area contributed by atoms with Crippen molar-refractivity contribution in [3.8, 4) is 5.75 Å². The molecule has 0 fully saturated rings. The molecule has 0 N–H and O–H groups in total. The standard InChI is InChI=1S/C28H39N3O3/c1-4-30-18-7-8-19-31(27(32)13-9-10-23-14-16-29-17-15-23)24(20-22(2)3)21-34-26-12-6-5-11-25(26)28(30)33/h5-6,11-12,14-17,22,24H,4,7-10,13,18-21H2,1-3H3/t24-/m0/s1. The van der Waals surface area contributed by atoms with Crippen LogP contribution in [0.15, 0.2) is 48.8 Å². The minimum atomic E-state index is -0.0155. The largest absolute Gasteiger partial charge is 0.491 e. The lowest BCUT2D eigenvalue weighted by atomic mass is 10.0. The zero-order valence-electron chi connectivity index (χ0n) is 20.9. The maximum absolute atomic E-state index is 13.4. The van der Waals surface area contributed by atoms with Gasteiger partial charge in [-0.25, -0.2) is 0 Å². The van der Waals surface area contributed by atoms with E-state index in [1.807, 2.05) is 48.2 Å². The Bertz CT molecular complexity index is 916. The maximum Gasteiger partial charge on any atom is 0.257 e. The van der Waals surface area contributed by atoms with Gasteiger partial charge < -0.3 is 14.5 Å². The number of hydrogen-bond donors (Lipinski definition) is 0. The van der Waals surface area contributed by atoms with Crippen LogP contribution in [0.5, 0.6) is 5.75 Å². The summed E-state index contributed by atoms with van der Waals surface area (Å²) < 4.78 is 6.24. The van der Waals surface area contributed by atoms with Crippen molar-refractivity contribution in [2.24, 2.45) is 5.92 Å². The smallest absolute Gasteiger partial charge is 0.257 e. The number of aryl methyl sites for hydroxylation is 1. The number of amides is 2. The first-order valence-corrected chi connectivity index (χ1v) is 12.7. The number of fused-ring (bicyclic) bond motifs is 1. The third-order valence-electron chi connectivity index (χ3n) is 6.40. The highest BCUT2D eigenvalue weighted by atomic mass is 16.5. The molecule has 1 aliphatic heterocycles. The molecule has 0 unspecified atom stereocenters. The minimum absolute atomic E-state index is 0.0155. The van der Waals surface area contributed by atoms with Crippen LogP contribution in [0.4, 0.5) is 0 Å². The fraction of sp³-hybridized carbons (Fsp3) is 0.536. The van der Waals surface area contributed by atoms with Gasteiger partial charge in [-0.15, -0.1) is 0 Å². The molecule has 1 aromatic heterocycles. The molecule has 0 saturated heterocycles. The van der Waals surface area contributed by atoms with E-state index in [2.05, 4.69) is 23.7 Å². The topological polar surface area (TPSA) is 62.7 Å². The number of aromatic nitrogens is 1. The van der Waals surface area contributed by atoms with Crippen molar-refractivity contribution in [3.05, 3.63) is 59.9 Å². The lowest BCUT2D eigenvalue weighted by molar-refractivity contribution is -0.134.